The molecule has 1 heterocycles. The molecule has 1 aliphatic heterocycles. The maximum Gasteiger partial charge on any atom is 0.389 e. The molecular formula is C14H18ClF3N2O. The van der Waals surface area contributed by atoms with Gasteiger partial charge in [0.05, 0.1) is 5.02 Å². The highest BCUT2D eigenvalue weighted by Gasteiger charge is 2.32. The second-order valence-electron chi connectivity index (χ2n) is 5.13. The van der Waals surface area contributed by atoms with E-state index in [4.69, 9.17) is 11.6 Å². The molecule has 0 saturated carbocycles. The Hall–Kier alpha value is -0.980. The molecule has 118 valence electrons. The standard InChI is InChI=1S/C14H18ClF3N2O/c15-11-3-1-2-10(13(11)21)12(4-5-14(16,17)18)20-8-6-19-7-9-20/h1-3,12,19,21H,4-9H2/t12-/m0/s1. The lowest BCUT2D eigenvalue weighted by molar-refractivity contribution is -0.138. The molecule has 3 nitrogen and oxygen atoms in total. The zero-order valence-corrected chi connectivity index (χ0v) is 12.2. The summed E-state index contributed by atoms with van der Waals surface area (Å²) in [7, 11) is 0. The van der Waals surface area contributed by atoms with Crippen molar-refractivity contribution in [1.29, 1.82) is 0 Å². The number of hydrogen-bond acceptors (Lipinski definition) is 3. The van der Waals surface area contributed by atoms with Crippen molar-refractivity contribution in [3.05, 3.63) is 28.8 Å². The molecule has 1 saturated heterocycles. The van der Waals surface area contributed by atoms with Gasteiger partial charge in [0, 0.05) is 44.2 Å². The van der Waals surface area contributed by atoms with Gasteiger partial charge in [-0.05, 0) is 12.5 Å². The molecule has 0 bridgehead atoms. The first-order valence-electron chi connectivity index (χ1n) is 6.87. The van der Waals surface area contributed by atoms with Crippen LogP contribution < -0.4 is 5.32 Å². The lowest BCUT2D eigenvalue weighted by Crippen LogP contribution is -2.45. The fourth-order valence-corrected chi connectivity index (χ4v) is 2.81. The largest absolute Gasteiger partial charge is 0.506 e. The van der Waals surface area contributed by atoms with E-state index in [1.54, 1.807) is 12.1 Å². The number of rotatable bonds is 4. The van der Waals surface area contributed by atoms with E-state index in [0.29, 0.717) is 18.7 Å². The number of benzene rings is 1. The molecule has 1 aromatic rings. The summed E-state index contributed by atoms with van der Waals surface area (Å²) in [6, 6.07) is 4.34. The molecule has 21 heavy (non-hydrogen) atoms. The van der Waals surface area contributed by atoms with E-state index in [0.717, 1.165) is 13.1 Å². The van der Waals surface area contributed by atoms with Crippen molar-refractivity contribution in [2.75, 3.05) is 26.2 Å². The Morgan fingerprint density at radius 3 is 2.57 bits per heavy atom. The molecule has 0 amide bonds. The van der Waals surface area contributed by atoms with Crippen LogP contribution in [0.5, 0.6) is 5.75 Å². The van der Waals surface area contributed by atoms with Crippen molar-refractivity contribution in [1.82, 2.24) is 10.2 Å². The van der Waals surface area contributed by atoms with Gasteiger partial charge in [-0.1, -0.05) is 23.7 Å². The van der Waals surface area contributed by atoms with E-state index >= 15 is 0 Å². The Bertz CT molecular complexity index is 476. The number of nitrogens with one attached hydrogen (secondary N) is 1. The van der Waals surface area contributed by atoms with Gasteiger partial charge in [0.15, 0.2) is 0 Å². The first kappa shape index (κ1) is 16.4. The Balaban J connectivity index is 2.23. The smallest absolute Gasteiger partial charge is 0.389 e. The fourth-order valence-electron chi connectivity index (χ4n) is 2.63. The van der Waals surface area contributed by atoms with Gasteiger partial charge < -0.3 is 10.4 Å². The monoisotopic (exact) mass is 322 g/mol. The number of nitrogens with zero attached hydrogens (tertiary/aromatic N) is 1. The summed E-state index contributed by atoms with van der Waals surface area (Å²) in [4.78, 5) is 1.97. The third-order valence-electron chi connectivity index (χ3n) is 3.67. The predicted octanol–water partition coefficient (Wildman–Crippen LogP) is 3.33. The topological polar surface area (TPSA) is 35.5 Å². The zero-order valence-electron chi connectivity index (χ0n) is 11.5. The molecule has 2 rings (SSSR count). The van der Waals surface area contributed by atoms with E-state index < -0.39 is 18.6 Å². The van der Waals surface area contributed by atoms with Crippen molar-refractivity contribution < 1.29 is 18.3 Å². The van der Waals surface area contributed by atoms with Gasteiger partial charge in [-0.15, -0.1) is 0 Å². The minimum absolute atomic E-state index is 0.0859. The lowest BCUT2D eigenvalue weighted by Gasteiger charge is -2.35. The quantitative estimate of drug-likeness (QED) is 0.892. The number of para-hydroxylation sites is 1. The Kier molecular flexibility index (Phi) is 5.35. The molecule has 0 spiro atoms. The molecule has 1 fully saturated rings. The molecule has 7 heteroatoms. The second kappa shape index (κ2) is 6.85. The van der Waals surface area contributed by atoms with Crippen LogP contribution >= 0.6 is 11.6 Å². The SMILES string of the molecule is Oc1c(Cl)cccc1[C@H](CCC(F)(F)F)N1CCNCC1. The third-order valence-corrected chi connectivity index (χ3v) is 3.98. The van der Waals surface area contributed by atoms with Crippen molar-refractivity contribution >= 4 is 11.6 Å². The van der Waals surface area contributed by atoms with E-state index in [2.05, 4.69) is 5.32 Å². The Morgan fingerprint density at radius 2 is 1.95 bits per heavy atom. The second-order valence-corrected chi connectivity index (χ2v) is 5.54. The Morgan fingerprint density at radius 1 is 1.29 bits per heavy atom. The number of piperazine rings is 1. The van der Waals surface area contributed by atoms with Crippen LogP contribution in [0.15, 0.2) is 18.2 Å². The van der Waals surface area contributed by atoms with E-state index in [1.165, 1.54) is 6.07 Å². The van der Waals surface area contributed by atoms with Crippen LogP contribution in [0.25, 0.3) is 0 Å². The molecule has 0 unspecified atom stereocenters. The van der Waals surface area contributed by atoms with Crippen LogP contribution in [0, 0.1) is 0 Å². The maximum atomic E-state index is 12.6. The fraction of sp³-hybridized carbons (Fsp3) is 0.571. The van der Waals surface area contributed by atoms with Crippen molar-refractivity contribution in [3.8, 4) is 5.75 Å². The number of hydrogen-bond donors (Lipinski definition) is 2. The van der Waals surface area contributed by atoms with Gasteiger partial charge in [0.25, 0.3) is 0 Å². The first-order valence-corrected chi connectivity index (χ1v) is 7.25. The molecule has 1 aliphatic rings. The summed E-state index contributed by atoms with van der Waals surface area (Å²) >= 11 is 5.88. The zero-order chi connectivity index (χ0) is 15.5. The molecule has 0 radical (unpaired) electrons. The van der Waals surface area contributed by atoms with Crippen LogP contribution in [0.3, 0.4) is 0 Å². The lowest BCUT2D eigenvalue weighted by atomic mass is 9.98. The summed E-state index contributed by atoms with van der Waals surface area (Å²) in [6.45, 7) is 2.75. The number of phenolic OH excluding ortho intramolecular Hbond substituents is 1. The summed E-state index contributed by atoms with van der Waals surface area (Å²) in [5.41, 5.74) is 0.466. The van der Waals surface area contributed by atoms with Crippen molar-refractivity contribution in [3.63, 3.8) is 0 Å². The molecule has 0 aliphatic carbocycles. The van der Waals surface area contributed by atoms with E-state index in [9.17, 15) is 18.3 Å². The number of phenols is 1. The first-order chi connectivity index (χ1) is 9.88. The van der Waals surface area contributed by atoms with Crippen LogP contribution in [-0.2, 0) is 0 Å². The summed E-state index contributed by atoms with van der Waals surface area (Å²) in [5.74, 6) is -0.120. The average molecular weight is 323 g/mol. The van der Waals surface area contributed by atoms with Gasteiger partial charge in [-0.25, -0.2) is 0 Å². The van der Waals surface area contributed by atoms with Crippen LogP contribution in [0.2, 0.25) is 5.02 Å². The Labute approximate surface area is 126 Å². The summed E-state index contributed by atoms with van der Waals surface area (Å²) in [6.07, 6.45) is -5.18. The van der Waals surface area contributed by atoms with Gasteiger partial charge in [-0.2, -0.15) is 13.2 Å². The summed E-state index contributed by atoms with van der Waals surface area (Å²) < 4.78 is 37.7. The highest BCUT2D eigenvalue weighted by Crippen LogP contribution is 2.38. The molecule has 2 N–H and O–H groups in total. The van der Waals surface area contributed by atoms with E-state index in [1.807, 2.05) is 4.90 Å². The van der Waals surface area contributed by atoms with Gasteiger partial charge in [0.1, 0.15) is 5.75 Å². The average Bonchev–Trinajstić information content (AvgIpc) is 2.43. The third kappa shape index (κ3) is 4.49. The van der Waals surface area contributed by atoms with Crippen molar-refractivity contribution in [2.24, 2.45) is 0 Å². The van der Waals surface area contributed by atoms with Crippen LogP contribution in [0.1, 0.15) is 24.4 Å². The molecular weight excluding hydrogens is 305 g/mol. The van der Waals surface area contributed by atoms with Crippen molar-refractivity contribution in [2.45, 2.75) is 25.1 Å². The molecule has 0 aromatic heterocycles. The van der Waals surface area contributed by atoms with Crippen LogP contribution in [0.4, 0.5) is 13.2 Å². The highest BCUT2D eigenvalue weighted by atomic mass is 35.5. The minimum atomic E-state index is -4.21. The minimum Gasteiger partial charge on any atom is -0.506 e. The van der Waals surface area contributed by atoms with Crippen LogP contribution in [-0.4, -0.2) is 42.4 Å². The molecule has 1 aromatic carbocycles. The van der Waals surface area contributed by atoms with Gasteiger partial charge in [-0.3, -0.25) is 4.90 Å². The number of halogens is 4. The number of aromatic hydroxyl groups is 1. The predicted molar refractivity (Wildman–Crippen MR) is 75.6 cm³/mol. The van der Waals surface area contributed by atoms with E-state index in [-0.39, 0.29) is 17.2 Å². The highest BCUT2D eigenvalue weighted by molar-refractivity contribution is 6.32. The summed E-state index contributed by atoms with van der Waals surface area (Å²) in [5, 5.41) is 13.4. The van der Waals surface area contributed by atoms with Gasteiger partial charge >= 0.3 is 6.18 Å². The number of alkyl halides is 3. The molecule has 1 atom stereocenters. The van der Waals surface area contributed by atoms with Gasteiger partial charge in [0.2, 0.25) is 0 Å². The normalized spacial score (nSPS) is 18.7. The maximum absolute atomic E-state index is 12.6.